The van der Waals surface area contributed by atoms with Crippen molar-refractivity contribution in [2.45, 2.75) is 32.5 Å². The second-order valence-electron chi connectivity index (χ2n) is 6.70. The maximum Gasteiger partial charge on any atom is 0.222 e. The number of rotatable bonds is 6. The number of carbonyl (C=O) groups is 1. The quantitative estimate of drug-likeness (QED) is 0.539. The highest BCUT2D eigenvalue weighted by Crippen LogP contribution is 2.23. The average Bonchev–Trinajstić information content (AvgIpc) is 3.24. The normalized spacial score (nSPS) is 14.7. The number of amides is 1. The van der Waals surface area contributed by atoms with Crippen molar-refractivity contribution in [2.24, 2.45) is 4.99 Å². The van der Waals surface area contributed by atoms with Crippen LogP contribution in [0.2, 0.25) is 0 Å². The molecule has 1 saturated heterocycles. The van der Waals surface area contributed by atoms with Gasteiger partial charge in [-0.05, 0) is 45.6 Å². The van der Waals surface area contributed by atoms with Gasteiger partial charge in [0.1, 0.15) is 0 Å². The Kier molecular flexibility index (Phi) is 6.90. The van der Waals surface area contributed by atoms with Gasteiger partial charge in [-0.15, -0.1) is 11.3 Å². The van der Waals surface area contributed by atoms with E-state index in [-0.39, 0.29) is 5.91 Å². The molecule has 1 N–H and O–H groups in total. The van der Waals surface area contributed by atoms with Gasteiger partial charge in [0.05, 0.1) is 10.3 Å². The van der Waals surface area contributed by atoms with Crippen LogP contribution in [-0.2, 0) is 24.4 Å². The van der Waals surface area contributed by atoms with Crippen LogP contribution in [-0.4, -0.2) is 42.3 Å². The first kappa shape index (κ1) is 19.9. The molecule has 5 nitrogen and oxygen atoms in total. The van der Waals surface area contributed by atoms with Gasteiger partial charge < -0.3 is 15.1 Å². The van der Waals surface area contributed by atoms with Gasteiger partial charge in [0.25, 0.3) is 0 Å². The van der Waals surface area contributed by atoms with Crippen molar-refractivity contribution in [3.05, 3.63) is 56.2 Å². The molecule has 1 aromatic carbocycles. The summed E-state index contributed by atoms with van der Waals surface area (Å²) in [6.07, 6.45) is 1.66. The van der Waals surface area contributed by atoms with Gasteiger partial charge >= 0.3 is 0 Å². The number of nitrogens with zero attached hydrogens (tertiary/aromatic N) is 3. The Morgan fingerprint density at radius 1 is 1.33 bits per heavy atom. The first-order valence-electron chi connectivity index (χ1n) is 9.07. The number of halogens is 1. The summed E-state index contributed by atoms with van der Waals surface area (Å²) in [7, 11) is 3.84. The molecule has 0 radical (unpaired) electrons. The molecule has 1 fully saturated rings. The number of hydrogen-bond donors (Lipinski definition) is 1. The number of nitrogens with one attached hydrogen (secondary N) is 1. The van der Waals surface area contributed by atoms with Crippen LogP contribution in [0.25, 0.3) is 0 Å². The maximum absolute atomic E-state index is 11.8. The average molecular weight is 449 g/mol. The van der Waals surface area contributed by atoms with Gasteiger partial charge in [0.15, 0.2) is 5.96 Å². The van der Waals surface area contributed by atoms with Crippen LogP contribution in [0.3, 0.4) is 0 Å². The lowest BCUT2D eigenvalue weighted by atomic mass is 10.1. The fourth-order valence-electron chi connectivity index (χ4n) is 3.24. The third kappa shape index (κ3) is 5.56. The number of aliphatic imine (C=N–C) groups is 1. The number of guanidine groups is 1. The summed E-state index contributed by atoms with van der Waals surface area (Å²) in [5.41, 5.74) is 2.36. The Morgan fingerprint density at radius 3 is 2.81 bits per heavy atom. The zero-order valence-corrected chi connectivity index (χ0v) is 18.1. The molecule has 3 rings (SSSR count). The van der Waals surface area contributed by atoms with Crippen molar-refractivity contribution >= 4 is 39.1 Å². The van der Waals surface area contributed by atoms with Crippen LogP contribution in [0.1, 0.15) is 28.8 Å². The second-order valence-corrected chi connectivity index (χ2v) is 9.25. The van der Waals surface area contributed by atoms with E-state index in [1.54, 1.807) is 18.4 Å². The molecular formula is C20H25BrN4OS. The first-order chi connectivity index (χ1) is 13.0. The molecule has 1 amide bonds. The highest BCUT2D eigenvalue weighted by atomic mass is 79.9. The Morgan fingerprint density at radius 2 is 2.15 bits per heavy atom. The van der Waals surface area contributed by atoms with E-state index < -0.39 is 0 Å². The molecule has 7 heteroatoms. The Labute approximate surface area is 173 Å². The molecule has 0 atom stereocenters. The van der Waals surface area contributed by atoms with E-state index in [1.165, 1.54) is 16.0 Å². The van der Waals surface area contributed by atoms with Crippen molar-refractivity contribution in [3.8, 4) is 0 Å². The third-order valence-electron chi connectivity index (χ3n) is 4.58. The van der Waals surface area contributed by atoms with Gasteiger partial charge in [-0.1, -0.05) is 24.3 Å². The van der Waals surface area contributed by atoms with Crippen LogP contribution in [0.5, 0.6) is 0 Å². The molecule has 27 heavy (non-hydrogen) atoms. The minimum atomic E-state index is 0.265. The van der Waals surface area contributed by atoms with Crippen LogP contribution in [0.15, 0.2) is 45.2 Å². The standard InChI is InChI=1S/C20H25BrN4OS/c1-22-20(24(2)14-17-8-9-18(21)27-17)23-12-15-5-3-6-16(11-15)13-25-10-4-7-19(25)26/h3,5-6,8-9,11H,4,7,10,12-14H2,1-2H3,(H,22,23). The number of benzene rings is 1. The number of likely N-dealkylation sites (tertiary alicyclic amines) is 1. The minimum Gasteiger partial charge on any atom is -0.352 e. The fraction of sp³-hybridized carbons (Fsp3) is 0.400. The SMILES string of the molecule is CN=C(NCc1cccc(CN2CCCC2=O)c1)N(C)Cc1ccc(Br)s1. The molecule has 1 aliphatic heterocycles. The molecule has 2 heterocycles. The smallest absolute Gasteiger partial charge is 0.222 e. The fourth-order valence-corrected chi connectivity index (χ4v) is 4.78. The number of thiophene rings is 1. The third-order valence-corrected chi connectivity index (χ3v) is 6.19. The van der Waals surface area contributed by atoms with Crippen molar-refractivity contribution in [2.75, 3.05) is 20.6 Å². The van der Waals surface area contributed by atoms with E-state index in [0.29, 0.717) is 19.5 Å². The lowest BCUT2D eigenvalue weighted by Gasteiger charge is -2.22. The van der Waals surface area contributed by atoms with Crippen LogP contribution in [0.4, 0.5) is 0 Å². The van der Waals surface area contributed by atoms with Crippen LogP contribution < -0.4 is 5.32 Å². The summed E-state index contributed by atoms with van der Waals surface area (Å²) in [6, 6.07) is 12.6. The van der Waals surface area contributed by atoms with Crippen molar-refractivity contribution in [3.63, 3.8) is 0 Å². The van der Waals surface area contributed by atoms with E-state index in [9.17, 15) is 4.79 Å². The summed E-state index contributed by atoms with van der Waals surface area (Å²) in [6.45, 7) is 3.09. The Hall–Kier alpha value is -1.86. The molecular weight excluding hydrogens is 424 g/mol. The van der Waals surface area contributed by atoms with Gasteiger partial charge in [0.2, 0.25) is 5.91 Å². The monoisotopic (exact) mass is 448 g/mol. The Balaban J connectivity index is 1.56. The molecule has 1 aromatic heterocycles. The minimum absolute atomic E-state index is 0.265. The Bertz CT molecular complexity index is 820. The van der Waals surface area contributed by atoms with E-state index in [0.717, 1.165) is 29.3 Å². The summed E-state index contributed by atoms with van der Waals surface area (Å²) in [5, 5.41) is 3.43. The molecule has 0 unspecified atom stereocenters. The van der Waals surface area contributed by atoms with Gasteiger partial charge in [-0.2, -0.15) is 0 Å². The van der Waals surface area contributed by atoms with Crippen molar-refractivity contribution in [1.82, 2.24) is 15.1 Å². The van der Waals surface area contributed by atoms with E-state index in [1.807, 2.05) is 11.9 Å². The molecule has 0 spiro atoms. The molecule has 144 valence electrons. The summed E-state index contributed by atoms with van der Waals surface area (Å²) < 4.78 is 1.14. The number of carbonyl (C=O) groups excluding carboxylic acids is 1. The van der Waals surface area contributed by atoms with Crippen LogP contribution >= 0.6 is 27.3 Å². The predicted molar refractivity (Wildman–Crippen MR) is 115 cm³/mol. The largest absolute Gasteiger partial charge is 0.352 e. The summed E-state index contributed by atoms with van der Waals surface area (Å²) >= 11 is 5.24. The van der Waals surface area contributed by atoms with Gasteiger partial charge in [-0.25, -0.2) is 0 Å². The zero-order valence-electron chi connectivity index (χ0n) is 15.7. The lowest BCUT2D eigenvalue weighted by Crippen LogP contribution is -2.37. The molecule has 0 bridgehead atoms. The topological polar surface area (TPSA) is 47.9 Å². The van der Waals surface area contributed by atoms with E-state index in [2.05, 4.69) is 67.5 Å². The lowest BCUT2D eigenvalue weighted by molar-refractivity contribution is -0.128. The van der Waals surface area contributed by atoms with E-state index in [4.69, 9.17) is 0 Å². The van der Waals surface area contributed by atoms with Crippen molar-refractivity contribution in [1.29, 1.82) is 0 Å². The second kappa shape index (κ2) is 9.37. The molecule has 0 saturated carbocycles. The highest BCUT2D eigenvalue weighted by Gasteiger charge is 2.19. The van der Waals surface area contributed by atoms with Crippen LogP contribution in [0, 0.1) is 0 Å². The predicted octanol–water partition coefficient (Wildman–Crippen LogP) is 3.84. The van der Waals surface area contributed by atoms with E-state index >= 15 is 0 Å². The van der Waals surface area contributed by atoms with Crippen molar-refractivity contribution < 1.29 is 4.79 Å². The summed E-state index contributed by atoms with van der Waals surface area (Å²) in [4.78, 5) is 21.6. The zero-order chi connectivity index (χ0) is 19.2. The molecule has 1 aliphatic rings. The van der Waals surface area contributed by atoms with Gasteiger partial charge in [-0.3, -0.25) is 9.79 Å². The molecule has 0 aliphatic carbocycles. The van der Waals surface area contributed by atoms with Gasteiger partial charge in [0, 0.05) is 45.0 Å². The highest BCUT2D eigenvalue weighted by molar-refractivity contribution is 9.11. The number of hydrogen-bond acceptors (Lipinski definition) is 3. The first-order valence-corrected chi connectivity index (χ1v) is 10.7. The molecule has 2 aromatic rings. The summed E-state index contributed by atoms with van der Waals surface area (Å²) in [5.74, 6) is 1.13. The maximum atomic E-state index is 11.8.